The lowest BCUT2D eigenvalue weighted by molar-refractivity contribution is 0.111. The second-order valence-electron chi connectivity index (χ2n) is 5.83. The topological polar surface area (TPSA) is 85.0 Å². The largest absolute Gasteiger partial charge is 0.359 e. The van der Waals surface area contributed by atoms with Gasteiger partial charge < -0.3 is 9.42 Å². The molecule has 3 heterocycles. The van der Waals surface area contributed by atoms with Gasteiger partial charge in [-0.15, -0.1) is 5.10 Å². The first kappa shape index (κ1) is 15.8. The summed E-state index contributed by atoms with van der Waals surface area (Å²) in [4.78, 5) is 17.6. The van der Waals surface area contributed by atoms with Crippen molar-refractivity contribution in [3.8, 4) is 11.4 Å². The Morgan fingerprint density at radius 3 is 2.96 bits per heavy atom. The number of anilines is 1. The number of aromatic nitrogens is 4. The summed E-state index contributed by atoms with van der Waals surface area (Å²) in [6.07, 6.45) is 2.58. The fourth-order valence-electron chi connectivity index (χ4n) is 2.97. The van der Waals surface area contributed by atoms with Crippen LogP contribution in [0.15, 0.2) is 28.8 Å². The summed E-state index contributed by atoms with van der Waals surface area (Å²) in [5.74, 6) is 0.755. The summed E-state index contributed by atoms with van der Waals surface area (Å²) in [5, 5.41) is 8.62. The fraction of sp³-hybridized carbons (Fsp3) is 0.312. The van der Waals surface area contributed by atoms with E-state index in [4.69, 9.17) is 4.52 Å². The Bertz CT molecular complexity index is 879. The Kier molecular flexibility index (Phi) is 4.22. The average molecular weight is 359 g/mol. The molecule has 1 aromatic carbocycles. The molecule has 0 aliphatic carbocycles. The third-order valence-corrected chi connectivity index (χ3v) is 5.01. The van der Waals surface area contributed by atoms with Crippen molar-refractivity contribution in [1.82, 2.24) is 19.7 Å². The van der Waals surface area contributed by atoms with Crippen LogP contribution >= 0.6 is 11.5 Å². The second kappa shape index (κ2) is 6.67. The van der Waals surface area contributed by atoms with Gasteiger partial charge >= 0.3 is 0 Å². The van der Waals surface area contributed by atoms with Crippen LogP contribution in [0.25, 0.3) is 11.4 Å². The highest BCUT2D eigenvalue weighted by Crippen LogP contribution is 2.32. The zero-order valence-electron chi connectivity index (χ0n) is 13.1. The maximum atomic E-state index is 13.0. The standard InChI is InChI=1S/C16H14FN5O2S/c17-12-5-3-10(4-6-12)14-18-15(24-20-14)11-2-1-7-22(8-11)16-13(9-23)19-21-25-16/h3-6,9,11H,1-2,7-8H2/t11-/m0/s1. The first-order valence-corrected chi connectivity index (χ1v) is 8.64. The predicted octanol–water partition coefficient (Wildman–Crippen LogP) is 2.92. The number of hydrogen-bond acceptors (Lipinski definition) is 8. The van der Waals surface area contributed by atoms with E-state index in [1.807, 2.05) is 0 Å². The molecule has 1 saturated heterocycles. The van der Waals surface area contributed by atoms with E-state index in [0.717, 1.165) is 30.7 Å². The fourth-order valence-corrected chi connectivity index (χ4v) is 3.64. The minimum atomic E-state index is -0.306. The van der Waals surface area contributed by atoms with Gasteiger partial charge in [-0.25, -0.2) is 4.39 Å². The number of carbonyl (C=O) groups excluding carboxylic acids is 1. The zero-order chi connectivity index (χ0) is 17.2. The monoisotopic (exact) mass is 359 g/mol. The molecule has 128 valence electrons. The Hall–Kier alpha value is -2.68. The number of aldehydes is 1. The molecule has 0 N–H and O–H groups in total. The summed E-state index contributed by atoms with van der Waals surface area (Å²) in [6, 6.07) is 5.98. The van der Waals surface area contributed by atoms with E-state index < -0.39 is 0 Å². The first-order valence-electron chi connectivity index (χ1n) is 7.86. The quantitative estimate of drug-likeness (QED) is 0.662. The van der Waals surface area contributed by atoms with Crippen molar-refractivity contribution < 1.29 is 13.7 Å². The van der Waals surface area contributed by atoms with Crippen molar-refractivity contribution in [3.63, 3.8) is 0 Å². The molecule has 0 saturated carbocycles. The van der Waals surface area contributed by atoms with Crippen LogP contribution in [-0.4, -0.2) is 39.1 Å². The van der Waals surface area contributed by atoms with Gasteiger partial charge in [0.05, 0.1) is 5.92 Å². The Labute approximate surface area is 146 Å². The third-order valence-electron chi connectivity index (χ3n) is 4.21. The van der Waals surface area contributed by atoms with E-state index in [0.29, 0.717) is 29.5 Å². The second-order valence-corrected chi connectivity index (χ2v) is 6.56. The zero-order valence-corrected chi connectivity index (χ0v) is 13.9. The smallest absolute Gasteiger partial charge is 0.231 e. The normalized spacial score (nSPS) is 17.6. The molecule has 9 heteroatoms. The molecule has 4 rings (SSSR count). The lowest BCUT2D eigenvalue weighted by Gasteiger charge is -2.31. The number of nitrogens with zero attached hydrogens (tertiary/aromatic N) is 5. The van der Waals surface area contributed by atoms with Gasteiger partial charge in [-0.3, -0.25) is 4.79 Å². The Balaban J connectivity index is 1.54. The van der Waals surface area contributed by atoms with Crippen molar-refractivity contribution in [2.24, 2.45) is 0 Å². The van der Waals surface area contributed by atoms with Crippen LogP contribution in [0.4, 0.5) is 9.39 Å². The van der Waals surface area contributed by atoms with Gasteiger partial charge in [0.1, 0.15) is 10.8 Å². The van der Waals surface area contributed by atoms with E-state index in [-0.39, 0.29) is 11.7 Å². The van der Waals surface area contributed by atoms with Gasteiger partial charge in [0.25, 0.3) is 0 Å². The minimum absolute atomic E-state index is 0.0667. The van der Waals surface area contributed by atoms with Crippen LogP contribution in [0.1, 0.15) is 35.1 Å². The van der Waals surface area contributed by atoms with E-state index in [1.165, 1.54) is 23.7 Å². The van der Waals surface area contributed by atoms with E-state index in [9.17, 15) is 9.18 Å². The molecule has 3 aromatic rings. The van der Waals surface area contributed by atoms with E-state index in [1.54, 1.807) is 12.1 Å². The lowest BCUT2D eigenvalue weighted by atomic mass is 9.98. The molecule has 2 aromatic heterocycles. The predicted molar refractivity (Wildman–Crippen MR) is 89.2 cm³/mol. The van der Waals surface area contributed by atoms with Crippen LogP contribution in [0.5, 0.6) is 0 Å². The molecule has 0 bridgehead atoms. The van der Waals surface area contributed by atoms with Gasteiger partial charge in [-0.05, 0) is 37.1 Å². The molecule has 1 aliphatic heterocycles. The van der Waals surface area contributed by atoms with Gasteiger partial charge in [0.2, 0.25) is 11.7 Å². The molecule has 0 spiro atoms. The van der Waals surface area contributed by atoms with Crippen molar-refractivity contribution in [2.45, 2.75) is 18.8 Å². The van der Waals surface area contributed by atoms with Gasteiger partial charge in [-0.2, -0.15) is 4.98 Å². The van der Waals surface area contributed by atoms with Crippen LogP contribution in [-0.2, 0) is 0 Å². The van der Waals surface area contributed by atoms with Gasteiger partial charge in [-0.1, -0.05) is 9.64 Å². The maximum absolute atomic E-state index is 13.0. The van der Waals surface area contributed by atoms with Gasteiger partial charge in [0, 0.05) is 30.2 Å². The summed E-state index contributed by atoms with van der Waals surface area (Å²) >= 11 is 1.21. The van der Waals surface area contributed by atoms with Gasteiger partial charge in [0.15, 0.2) is 12.0 Å². The molecule has 25 heavy (non-hydrogen) atoms. The summed E-state index contributed by atoms with van der Waals surface area (Å²) in [6.45, 7) is 1.50. The van der Waals surface area contributed by atoms with Crippen LogP contribution in [0, 0.1) is 5.82 Å². The van der Waals surface area contributed by atoms with E-state index in [2.05, 4.69) is 24.6 Å². The number of benzene rings is 1. The summed E-state index contributed by atoms with van der Waals surface area (Å²) in [5.41, 5.74) is 1.07. The lowest BCUT2D eigenvalue weighted by Crippen LogP contribution is -2.34. The van der Waals surface area contributed by atoms with Crippen molar-refractivity contribution in [1.29, 1.82) is 0 Å². The maximum Gasteiger partial charge on any atom is 0.231 e. The average Bonchev–Trinajstić information content (AvgIpc) is 3.32. The molecule has 1 aliphatic rings. The number of carbonyl (C=O) groups is 1. The molecular formula is C16H14FN5O2S. The van der Waals surface area contributed by atoms with Crippen molar-refractivity contribution >= 4 is 22.8 Å². The third kappa shape index (κ3) is 3.14. The molecule has 0 amide bonds. The molecule has 0 unspecified atom stereocenters. The van der Waals surface area contributed by atoms with Crippen molar-refractivity contribution in [3.05, 3.63) is 41.7 Å². The number of hydrogen-bond donors (Lipinski definition) is 0. The van der Waals surface area contributed by atoms with Crippen LogP contribution in [0.2, 0.25) is 0 Å². The summed E-state index contributed by atoms with van der Waals surface area (Å²) < 4.78 is 22.3. The van der Waals surface area contributed by atoms with Crippen LogP contribution in [0.3, 0.4) is 0 Å². The number of halogens is 1. The highest BCUT2D eigenvalue weighted by atomic mass is 32.1. The SMILES string of the molecule is O=Cc1nnsc1N1CCC[C@H](c2nc(-c3ccc(F)cc3)no2)C1. The molecule has 1 atom stereocenters. The molecule has 0 radical (unpaired) electrons. The van der Waals surface area contributed by atoms with Crippen molar-refractivity contribution in [2.75, 3.05) is 18.0 Å². The number of rotatable bonds is 4. The van der Waals surface area contributed by atoms with E-state index >= 15 is 0 Å². The summed E-state index contributed by atoms with van der Waals surface area (Å²) in [7, 11) is 0. The minimum Gasteiger partial charge on any atom is -0.359 e. The first-order chi connectivity index (χ1) is 12.2. The molecule has 7 nitrogen and oxygen atoms in total. The molecular weight excluding hydrogens is 345 g/mol. The van der Waals surface area contributed by atoms with Crippen LogP contribution < -0.4 is 4.90 Å². The number of piperidine rings is 1. The Morgan fingerprint density at radius 1 is 1.32 bits per heavy atom. The highest BCUT2D eigenvalue weighted by molar-refractivity contribution is 7.10. The Morgan fingerprint density at radius 2 is 2.16 bits per heavy atom. The molecule has 1 fully saturated rings. The highest BCUT2D eigenvalue weighted by Gasteiger charge is 2.28.